The first kappa shape index (κ1) is 15.2. The quantitative estimate of drug-likeness (QED) is 0.877. The number of carbonyl (C=O) groups excluding carboxylic acids is 1. The third-order valence-electron chi connectivity index (χ3n) is 3.43. The standard InChI is InChI=1S/C15H20N4O2/c1-4-18(3)15(21)11(2)16-10-12-9-14(20)19-8-6-5-7-13(19)17-12/h5-9,11,16H,4,10H2,1-3H3. The Hall–Kier alpha value is -2.21. The molecule has 1 N–H and O–H groups in total. The minimum atomic E-state index is -0.314. The highest BCUT2D eigenvalue weighted by atomic mass is 16.2. The maximum atomic E-state index is 12.0. The Kier molecular flexibility index (Phi) is 4.70. The van der Waals surface area contributed by atoms with E-state index in [2.05, 4.69) is 10.3 Å². The van der Waals surface area contributed by atoms with Gasteiger partial charge in [-0.15, -0.1) is 0 Å². The molecule has 0 aromatic carbocycles. The summed E-state index contributed by atoms with van der Waals surface area (Å²) in [6.07, 6.45) is 1.68. The van der Waals surface area contributed by atoms with Gasteiger partial charge in [0.1, 0.15) is 5.65 Å². The zero-order chi connectivity index (χ0) is 15.4. The zero-order valence-corrected chi connectivity index (χ0v) is 12.5. The van der Waals surface area contributed by atoms with Gasteiger partial charge in [-0.2, -0.15) is 0 Å². The number of likely N-dealkylation sites (N-methyl/N-ethyl adjacent to an activating group) is 1. The Balaban J connectivity index is 2.10. The first-order chi connectivity index (χ1) is 10.0. The molecule has 0 radical (unpaired) electrons. The van der Waals surface area contributed by atoms with Crippen LogP contribution in [0.2, 0.25) is 0 Å². The van der Waals surface area contributed by atoms with Crippen LogP contribution in [0.1, 0.15) is 19.5 Å². The molecule has 6 heteroatoms. The highest BCUT2D eigenvalue weighted by molar-refractivity contribution is 5.81. The monoisotopic (exact) mass is 288 g/mol. The van der Waals surface area contributed by atoms with E-state index >= 15 is 0 Å². The summed E-state index contributed by atoms with van der Waals surface area (Å²) in [4.78, 5) is 30.0. The summed E-state index contributed by atoms with van der Waals surface area (Å²) in [5.74, 6) is 0.0232. The lowest BCUT2D eigenvalue weighted by Gasteiger charge is -2.20. The first-order valence-corrected chi connectivity index (χ1v) is 6.98. The molecule has 2 aromatic heterocycles. The highest BCUT2D eigenvalue weighted by Crippen LogP contribution is 2.00. The van der Waals surface area contributed by atoms with Crippen LogP contribution in [0.25, 0.3) is 5.65 Å². The van der Waals surface area contributed by atoms with Gasteiger partial charge in [0.15, 0.2) is 0 Å². The number of carbonyl (C=O) groups is 1. The van der Waals surface area contributed by atoms with Gasteiger partial charge in [-0.05, 0) is 26.0 Å². The number of nitrogens with one attached hydrogen (secondary N) is 1. The van der Waals surface area contributed by atoms with Gasteiger partial charge in [0, 0.05) is 32.4 Å². The van der Waals surface area contributed by atoms with E-state index in [4.69, 9.17) is 0 Å². The van der Waals surface area contributed by atoms with Crippen molar-refractivity contribution in [2.45, 2.75) is 26.4 Å². The number of rotatable bonds is 5. The fourth-order valence-corrected chi connectivity index (χ4v) is 2.02. The maximum Gasteiger partial charge on any atom is 0.258 e. The highest BCUT2D eigenvalue weighted by Gasteiger charge is 2.15. The van der Waals surface area contributed by atoms with E-state index in [9.17, 15) is 9.59 Å². The third kappa shape index (κ3) is 3.46. The number of amides is 1. The summed E-state index contributed by atoms with van der Waals surface area (Å²) in [7, 11) is 1.77. The number of hydrogen-bond acceptors (Lipinski definition) is 4. The smallest absolute Gasteiger partial charge is 0.258 e. The third-order valence-corrected chi connectivity index (χ3v) is 3.43. The average Bonchev–Trinajstić information content (AvgIpc) is 2.51. The van der Waals surface area contributed by atoms with Crippen LogP contribution in [0.4, 0.5) is 0 Å². The maximum absolute atomic E-state index is 12.0. The van der Waals surface area contributed by atoms with Gasteiger partial charge in [0.2, 0.25) is 5.91 Å². The van der Waals surface area contributed by atoms with Crippen molar-refractivity contribution < 1.29 is 4.79 Å². The summed E-state index contributed by atoms with van der Waals surface area (Å²) in [5, 5.41) is 3.10. The van der Waals surface area contributed by atoms with Gasteiger partial charge in [0.05, 0.1) is 11.7 Å². The second-order valence-electron chi connectivity index (χ2n) is 4.97. The minimum absolute atomic E-state index is 0.0232. The lowest BCUT2D eigenvalue weighted by atomic mass is 10.2. The van der Waals surface area contributed by atoms with Crippen LogP contribution in [0.5, 0.6) is 0 Å². The van der Waals surface area contributed by atoms with Crippen LogP contribution in [0.3, 0.4) is 0 Å². The van der Waals surface area contributed by atoms with Gasteiger partial charge in [-0.25, -0.2) is 4.98 Å². The van der Waals surface area contributed by atoms with Crippen LogP contribution < -0.4 is 10.9 Å². The summed E-state index contributed by atoms with van der Waals surface area (Å²) >= 11 is 0. The fourth-order valence-electron chi connectivity index (χ4n) is 2.02. The van der Waals surface area contributed by atoms with Crippen molar-refractivity contribution in [3.05, 3.63) is 46.5 Å². The predicted molar refractivity (Wildman–Crippen MR) is 81.1 cm³/mol. The molecule has 0 spiro atoms. The summed E-state index contributed by atoms with van der Waals surface area (Å²) in [6.45, 7) is 4.78. The van der Waals surface area contributed by atoms with Crippen molar-refractivity contribution in [2.75, 3.05) is 13.6 Å². The number of nitrogens with zero attached hydrogens (tertiary/aromatic N) is 3. The van der Waals surface area contributed by atoms with E-state index in [1.165, 1.54) is 10.5 Å². The van der Waals surface area contributed by atoms with Crippen molar-refractivity contribution >= 4 is 11.6 Å². The Labute approximate surface area is 123 Å². The van der Waals surface area contributed by atoms with Gasteiger partial charge >= 0.3 is 0 Å². The predicted octanol–water partition coefficient (Wildman–Crippen LogP) is 0.651. The van der Waals surface area contributed by atoms with Crippen LogP contribution in [0.15, 0.2) is 35.3 Å². The van der Waals surface area contributed by atoms with Gasteiger partial charge in [-0.1, -0.05) is 6.07 Å². The Morgan fingerprint density at radius 1 is 1.48 bits per heavy atom. The molecular formula is C15H20N4O2. The normalized spacial score (nSPS) is 12.3. The number of hydrogen-bond donors (Lipinski definition) is 1. The van der Waals surface area contributed by atoms with Crippen molar-refractivity contribution in [1.29, 1.82) is 0 Å². The Morgan fingerprint density at radius 3 is 2.95 bits per heavy atom. The molecule has 0 fully saturated rings. The lowest BCUT2D eigenvalue weighted by molar-refractivity contribution is -0.131. The molecule has 6 nitrogen and oxygen atoms in total. The molecule has 0 saturated heterocycles. The fraction of sp³-hybridized carbons (Fsp3) is 0.400. The van der Waals surface area contributed by atoms with Gasteiger partial charge in [0.25, 0.3) is 5.56 Å². The molecule has 0 saturated carbocycles. The molecule has 2 rings (SSSR count). The van der Waals surface area contributed by atoms with Crippen molar-refractivity contribution in [3.63, 3.8) is 0 Å². The summed E-state index contributed by atoms with van der Waals surface area (Å²) in [6, 6.07) is 6.58. The topological polar surface area (TPSA) is 66.7 Å². The van der Waals surface area contributed by atoms with Crippen molar-refractivity contribution in [2.24, 2.45) is 0 Å². The molecule has 1 amide bonds. The average molecular weight is 288 g/mol. The minimum Gasteiger partial charge on any atom is -0.345 e. The molecule has 1 atom stereocenters. The second kappa shape index (κ2) is 6.49. The molecule has 0 bridgehead atoms. The molecule has 0 aliphatic heterocycles. The molecule has 2 heterocycles. The first-order valence-electron chi connectivity index (χ1n) is 6.98. The van der Waals surface area contributed by atoms with Gasteiger partial charge < -0.3 is 10.2 Å². The van der Waals surface area contributed by atoms with E-state index in [-0.39, 0.29) is 17.5 Å². The summed E-state index contributed by atoms with van der Waals surface area (Å²) in [5.41, 5.74) is 1.11. The van der Waals surface area contributed by atoms with Crippen LogP contribution in [0, 0.1) is 0 Å². The molecule has 0 aliphatic carbocycles. The molecular weight excluding hydrogens is 268 g/mol. The molecule has 21 heavy (non-hydrogen) atoms. The van der Waals surface area contributed by atoms with E-state index < -0.39 is 0 Å². The number of aromatic nitrogens is 2. The number of pyridine rings is 1. The zero-order valence-electron chi connectivity index (χ0n) is 12.5. The van der Waals surface area contributed by atoms with Crippen LogP contribution in [-0.2, 0) is 11.3 Å². The second-order valence-corrected chi connectivity index (χ2v) is 4.97. The summed E-state index contributed by atoms with van der Waals surface area (Å²) < 4.78 is 1.49. The Morgan fingerprint density at radius 2 is 2.24 bits per heavy atom. The SMILES string of the molecule is CCN(C)C(=O)C(C)NCc1cc(=O)n2ccccc2n1. The van der Waals surface area contributed by atoms with E-state index in [0.29, 0.717) is 24.4 Å². The van der Waals surface area contributed by atoms with Crippen LogP contribution in [-0.4, -0.2) is 39.8 Å². The number of fused-ring (bicyclic) bond motifs is 1. The lowest BCUT2D eigenvalue weighted by Crippen LogP contribution is -2.42. The van der Waals surface area contributed by atoms with E-state index in [1.54, 1.807) is 30.3 Å². The van der Waals surface area contributed by atoms with Crippen LogP contribution >= 0.6 is 0 Å². The Bertz CT molecular complexity index is 695. The van der Waals surface area contributed by atoms with Crippen molar-refractivity contribution in [1.82, 2.24) is 19.6 Å². The molecule has 1 unspecified atom stereocenters. The molecule has 2 aromatic rings. The van der Waals surface area contributed by atoms with Crippen molar-refractivity contribution in [3.8, 4) is 0 Å². The van der Waals surface area contributed by atoms with E-state index in [1.807, 2.05) is 19.9 Å². The molecule has 0 aliphatic rings. The largest absolute Gasteiger partial charge is 0.345 e. The van der Waals surface area contributed by atoms with E-state index in [0.717, 1.165) is 0 Å². The molecule has 112 valence electrons. The van der Waals surface area contributed by atoms with Gasteiger partial charge in [-0.3, -0.25) is 14.0 Å².